The molecule has 3 heteroatoms. The lowest BCUT2D eigenvalue weighted by molar-refractivity contribution is -0.161. The van der Waals surface area contributed by atoms with E-state index >= 15 is 0 Å². The molecular formula is C10H14O3. The van der Waals surface area contributed by atoms with E-state index < -0.39 is 11.4 Å². The molecule has 3 saturated carbocycles. The third-order valence-corrected chi connectivity index (χ3v) is 3.83. The Morgan fingerprint density at radius 1 is 1.54 bits per heavy atom. The quantitative estimate of drug-likeness (QED) is 0.668. The third kappa shape index (κ3) is 1.10. The summed E-state index contributed by atoms with van der Waals surface area (Å²) in [4.78, 5) is 22.4. The summed E-state index contributed by atoms with van der Waals surface area (Å²) in [6, 6.07) is 0. The van der Waals surface area contributed by atoms with E-state index in [1.165, 1.54) is 0 Å². The molecule has 3 atom stereocenters. The van der Waals surface area contributed by atoms with Crippen LogP contribution < -0.4 is 0 Å². The summed E-state index contributed by atoms with van der Waals surface area (Å²) in [7, 11) is 0. The van der Waals surface area contributed by atoms with Crippen molar-refractivity contribution < 1.29 is 14.7 Å². The first-order valence-electron chi connectivity index (χ1n) is 4.80. The van der Waals surface area contributed by atoms with Gasteiger partial charge < -0.3 is 5.11 Å². The second-order valence-electron chi connectivity index (χ2n) is 4.57. The zero-order chi connectivity index (χ0) is 9.64. The molecule has 0 aromatic carbocycles. The summed E-state index contributed by atoms with van der Waals surface area (Å²) >= 11 is 0. The normalized spacial score (nSPS) is 43.6. The van der Waals surface area contributed by atoms with Crippen molar-refractivity contribution in [3.05, 3.63) is 0 Å². The van der Waals surface area contributed by atoms with Gasteiger partial charge in [0.25, 0.3) is 0 Å². The third-order valence-electron chi connectivity index (χ3n) is 3.83. The van der Waals surface area contributed by atoms with Crippen molar-refractivity contribution in [2.24, 2.45) is 17.3 Å². The van der Waals surface area contributed by atoms with Crippen LogP contribution in [0, 0.1) is 17.3 Å². The Labute approximate surface area is 77.1 Å². The van der Waals surface area contributed by atoms with Gasteiger partial charge in [-0.25, -0.2) is 0 Å². The SMILES string of the molecule is CC1(C(=O)O)CC2CCC1CC2=O. The number of aliphatic carboxylic acids is 1. The molecule has 0 saturated heterocycles. The van der Waals surface area contributed by atoms with Gasteiger partial charge in [0.1, 0.15) is 5.78 Å². The second kappa shape index (κ2) is 2.56. The Morgan fingerprint density at radius 2 is 2.23 bits per heavy atom. The maximum absolute atomic E-state index is 11.4. The number of carboxylic acids is 1. The molecule has 3 aliphatic carbocycles. The van der Waals surface area contributed by atoms with E-state index in [1.807, 2.05) is 0 Å². The molecule has 0 spiro atoms. The van der Waals surface area contributed by atoms with Gasteiger partial charge in [0, 0.05) is 12.3 Å². The van der Waals surface area contributed by atoms with E-state index in [-0.39, 0.29) is 17.6 Å². The zero-order valence-corrected chi connectivity index (χ0v) is 7.75. The van der Waals surface area contributed by atoms with E-state index in [2.05, 4.69) is 0 Å². The van der Waals surface area contributed by atoms with Gasteiger partial charge in [0.2, 0.25) is 0 Å². The molecule has 0 aliphatic heterocycles. The van der Waals surface area contributed by atoms with Crippen molar-refractivity contribution in [2.45, 2.75) is 32.6 Å². The lowest BCUT2D eigenvalue weighted by Gasteiger charge is -2.46. The first-order chi connectivity index (χ1) is 6.04. The van der Waals surface area contributed by atoms with E-state index in [4.69, 9.17) is 5.11 Å². The van der Waals surface area contributed by atoms with Crippen LogP contribution in [0.1, 0.15) is 32.6 Å². The minimum Gasteiger partial charge on any atom is -0.481 e. The molecule has 0 amide bonds. The summed E-state index contributed by atoms with van der Waals surface area (Å²) in [5.74, 6) is -0.321. The molecule has 13 heavy (non-hydrogen) atoms. The maximum Gasteiger partial charge on any atom is 0.309 e. The number of fused-ring (bicyclic) bond motifs is 3. The van der Waals surface area contributed by atoms with Crippen LogP contribution in [-0.2, 0) is 9.59 Å². The molecular weight excluding hydrogens is 168 g/mol. The Bertz CT molecular complexity index is 271. The van der Waals surface area contributed by atoms with Gasteiger partial charge in [0.05, 0.1) is 5.41 Å². The number of rotatable bonds is 1. The summed E-state index contributed by atoms with van der Waals surface area (Å²) in [5, 5.41) is 9.09. The van der Waals surface area contributed by atoms with Crippen LogP contribution in [-0.4, -0.2) is 16.9 Å². The van der Waals surface area contributed by atoms with Crippen LogP contribution >= 0.6 is 0 Å². The van der Waals surface area contributed by atoms with Crippen molar-refractivity contribution >= 4 is 11.8 Å². The largest absolute Gasteiger partial charge is 0.481 e. The number of carboxylic acid groups (broad SMARTS) is 1. The van der Waals surface area contributed by atoms with Crippen molar-refractivity contribution in [3.63, 3.8) is 0 Å². The highest BCUT2D eigenvalue weighted by Crippen LogP contribution is 2.50. The van der Waals surface area contributed by atoms with E-state index in [0.29, 0.717) is 12.8 Å². The molecule has 1 N–H and O–H groups in total. The number of carbonyl (C=O) groups excluding carboxylic acids is 1. The molecule has 0 aromatic rings. The Hall–Kier alpha value is -0.860. The smallest absolute Gasteiger partial charge is 0.309 e. The van der Waals surface area contributed by atoms with Crippen molar-refractivity contribution in [2.75, 3.05) is 0 Å². The van der Waals surface area contributed by atoms with Gasteiger partial charge in [-0.2, -0.15) is 0 Å². The lowest BCUT2D eigenvalue weighted by atomic mass is 9.56. The Morgan fingerprint density at radius 3 is 2.62 bits per heavy atom. The Balaban J connectivity index is 2.28. The van der Waals surface area contributed by atoms with Crippen LogP contribution in [0.25, 0.3) is 0 Å². The highest BCUT2D eigenvalue weighted by molar-refractivity contribution is 5.87. The molecule has 0 radical (unpaired) electrons. The number of carbonyl (C=O) groups is 2. The highest BCUT2D eigenvalue weighted by atomic mass is 16.4. The minimum absolute atomic E-state index is 0.0334. The van der Waals surface area contributed by atoms with Crippen LogP contribution in [0.15, 0.2) is 0 Å². The fourth-order valence-corrected chi connectivity index (χ4v) is 2.78. The number of ketones is 1. The van der Waals surface area contributed by atoms with Crippen LogP contribution in [0.3, 0.4) is 0 Å². The lowest BCUT2D eigenvalue weighted by Crippen LogP contribution is -2.48. The first kappa shape index (κ1) is 8.73. The topological polar surface area (TPSA) is 54.4 Å². The molecule has 3 fully saturated rings. The van der Waals surface area contributed by atoms with Gasteiger partial charge in [-0.1, -0.05) is 0 Å². The minimum atomic E-state index is -0.727. The first-order valence-corrected chi connectivity index (χ1v) is 4.80. The highest BCUT2D eigenvalue weighted by Gasteiger charge is 2.52. The monoisotopic (exact) mass is 182 g/mol. The van der Waals surface area contributed by atoms with Crippen molar-refractivity contribution in [3.8, 4) is 0 Å². The molecule has 72 valence electrons. The fourth-order valence-electron chi connectivity index (χ4n) is 2.78. The second-order valence-corrected chi connectivity index (χ2v) is 4.57. The molecule has 2 bridgehead atoms. The molecule has 0 aromatic heterocycles. The standard InChI is InChI=1S/C10H14O3/c1-10(9(12)13)5-6-2-3-7(10)4-8(6)11/h6-7H,2-5H2,1H3,(H,12,13). The maximum atomic E-state index is 11.4. The van der Waals surface area contributed by atoms with Crippen LogP contribution in [0.2, 0.25) is 0 Å². The van der Waals surface area contributed by atoms with Gasteiger partial charge in [-0.05, 0) is 32.1 Å². The average molecular weight is 182 g/mol. The number of Topliss-reactive ketones (excluding diaryl/α,β-unsaturated/α-hetero) is 1. The zero-order valence-electron chi connectivity index (χ0n) is 7.75. The predicted molar refractivity (Wildman–Crippen MR) is 46.2 cm³/mol. The molecule has 3 unspecified atom stereocenters. The Kier molecular flexibility index (Phi) is 1.72. The molecule has 0 heterocycles. The van der Waals surface area contributed by atoms with E-state index in [0.717, 1.165) is 12.8 Å². The van der Waals surface area contributed by atoms with Gasteiger partial charge >= 0.3 is 5.97 Å². The van der Waals surface area contributed by atoms with Crippen molar-refractivity contribution in [1.82, 2.24) is 0 Å². The molecule has 3 nitrogen and oxygen atoms in total. The van der Waals surface area contributed by atoms with Crippen LogP contribution in [0.4, 0.5) is 0 Å². The van der Waals surface area contributed by atoms with Crippen molar-refractivity contribution in [1.29, 1.82) is 0 Å². The van der Waals surface area contributed by atoms with Crippen LogP contribution in [0.5, 0.6) is 0 Å². The summed E-state index contributed by atoms with van der Waals surface area (Å²) in [5.41, 5.74) is -0.628. The number of hydrogen-bond acceptors (Lipinski definition) is 2. The van der Waals surface area contributed by atoms with Gasteiger partial charge in [-0.3, -0.25) is 9.59 Å². The summed E-state index contributed by atoms with van der Waals surface area (Å²) in [6.07, 6.45) is 2.88. The molecule has 3 rings (SSSR count). The van der Waals surface area contributed by atoms with E-state index in [9.17, 15) is 9.59 Å². The average Bonchev–Trinajstić information content (AvgIpc) is 2.07. The molecule has 3 aliphatic rings. The van der Waals surface area contributed by atoms with Gasteiger partial charge in [0.15, 0.2) is 0 Å². The fraction of sp³-hybridized carbons (Fsp3) is 0.800. The summed E-state index contributed by atoms with van der Waals surface area (Å²) < 4.78 is 0. The predicted octanol–water partition coefficient (Wildman–Crippen LogP) is 1.47. The summed E-state index contributed by atoms with van der Waals surface area (Å²) in [6.45, 7) is 1.79. The number of hydrogen-bond donors (Lipinski definition) is 1. The van der Waals surface area contributed by atoms with Gasteiger partial charge in [-0.15, -0.1) is 0 Å². The van der Waals surface area contributed by atoms with E-state index in [1.54, 1.807) is 6.92 Å².